The molecule has 0 bridgehead atoms. The fourth-order valence-electron chi connectivity index (χ4n) is 0.852. The number of ether oxygens (including phenoxy) is 1. The molecule has 78 valence electrons. The lowest BCUT2D eigenvalue weighted by molar-refractivity contribution is 0.0790. The van der Waals surface area contributed by atoms with Crippen molar-refractivity contribution in [3.05, 3.63) is 16.5 Å². The molecule has 0 saturated carbocycles. The van der Waals surface area contributed by atoms with Gasteiger partial charge in [-0.15, -0.1) is 0 Å². The van der Waals surface area contributed by atoms with Gasteiger partial charge in [-0.2, -0.15) is 4.98 Å². The maximum atomic E-state index is 11.9. The van der Waals surface area contributed by atoms with Crippen molar-refractivity contribution < 1.29 is 13.5 Å². The van der Waals surface area contributed by atoms with Crippen molar-refractivity contribution in [3.63, 3.8) is 0 Å². The van der Waals surface area contributed by atoms with E-state index in [-0.39, 0.29) is 11.0 Å². The molecule has 14 heavy (non-hydrogen) atoms. The van der Waals surface area contributed by atoms with E-state index in [0.29, 0.717) is 11.4 Å². The van der Waals surface area contributed by atoms with Crippen molar-refractivity contribution in [2.45, 2.75) is 20.3 Å². The van der Waals surface area contributed by atoms with E-state index in [4.69, 9.17) is 16.3 Å². The number of aromatic nitrogens is 2. The summed E-state index contributed by atoms with van der Waals surface area (Å²) in [6.07, 6.45) is -2.52. The first-order valence-corrected chi connectivity index (χ1v) is 4.30. The average Bonchev–Trinajstić information content (AvgIpc) is 2.08. The number of alkyl halides is 2. The summed E-state index contributed by atoms with van der Waals surface area (Å²) in [5, 5.41) is 0.224. The molecular formula is C8H9ClF2N2O. The van der Waals surface area contributed by atoms with Gasteiger partial charge in [0.05, 0.1) is 0 Å². The fraction of sp³-hybridized carbons (Fsp3) is 0.500. The molecule has 0 aromatic carbocycles. The minimum atomic E-state index is -2.52. The van der Waals surface area contributed by atoms with Crippen LogP contribution < -0.4 is 4.74 Å². The molecule has 0 N–H and O–H groups in total. The van der Waals surface area contributed by atoms with Crippen LogP contribution in [0.4, 0.5) is 8.78 Å². The van der Waals surface area contributed by atoms with Gasteiger partial charge in [-0.25, -0.2) is 13.8 Å². The Balaban J connectivity index is 2.85. The van der Waals surface area contributed by atoms with E-state index in [2.05, 4.69) is 9.97 Å². The Morgan fingerprint density at radius 1 is 1.36 bits per heavy atom. The minimum absolute atomic E-state index is 0.114. The Hall–Kier alpha value is -0.970. The van der Waals surface area contributed by atoms with Crippen molar-refractivity contribution in [2.75, 3.05) is 6.61 Å². The van der Waals surface area contributed by atoms with Crippen LogP contribution in [0.15, 0.2) is 0 Å². The lowest BCUT2D eigenvalue weighted by atomic mass is 10.3. The van der Waals surface area contributed by atoms with Gasteiger partial charge in [0, 0.05) is 5.56 Å². The van der Waals surface area contributed by atoms with E-state index >= 15 is 0 Å². The standard InChI is InChI=1S/C8H9ClF2N2O/c1-4-7(9)12-5(2)13-8(4)14-3-6(10)11/h6H,3H2,1-2H3. The highest BCUT2D eigenvalue weighted by Crippen LogP contribution is 2.21. The van der Waals surface area contributed by atoms with E-state index < -0.39 is 13.0 Å². The highest BCUT2D eigenvalue weighted by atomic mass is 35.5. The number of nitrogens with zero attached hydrogens (tertiary/aromatic N) is 2. The zero-order chi connectivity index (χ0) is 10.7. The molecule has 0 saturated heterocycles. The Morgan fingerprint density at radius 2 is 2.00 bits per heavy atom. The third-order valence-corrected chi connectivity index (χ3v) is 1.87. The van der Waals surface area contributed by atoms with Crippen molar-refractivity contribution in [3.8, 4) is 5.88 Å². The molecule has 0 aliphatic carbocycles. The normalized spacial score (nSPS) is 10.7. The summed E-state index contributed by atoms with van der Waals surface area (Å²) in [6, 6.07) is 0. The Kier molecular flexibility index (Phi) is 3.57. The second kappa shape index (κ2) is 4.50. The third kappa shape index (κ3) is 2.77. The molecule has 1 aromatic rings. The van der Waals surface area contributed by atoms with Crippen molar-refractivity contribution in [1.29, 1.82) is 0 Å². The summed E-state index contributed by atoms with van der Waals surface area (Å²) in [6.45, 7) is 2.54. The van der Waals surface area contributed by atoms with Gasteiger partial charge in [0.2, 0.25) is 5.88 Å². The van der Waals surface area contributed by atoms with Gasteiger partial charge in [-0.05, 0) is 13.8 Å². The van der Waals surface area contributed by atoms with Crippen LogP contribution in [0.3, 0.4) is 0 Å². The zero-order valence-electron chi connectivity index (χ0n) is 7.72. The van der Waals surface area contributed by atoms with Crippen LogP contribution in [0.5, 0.6) is 5.88 Å². The highest BCUT2D eigenvalue weighted by molar-refractivity contribution is 6.30. The first-order valence-electron chi connectivity index (χ1n) is 3.92. The Bertz CT molecular complexity index is 333. The molecule has 1 aromatic heterocycles. The number of rotatable bonds is 3. The smallest absolute Gasteiger partial charge is 0.272 e. The predicted molar refractivity (Wildman–Crippen MR) is 48.0 cm³/mol. The maximum absolute atomic E-state index is 11.9. The van der Waals surface area contributed by atoms with E-state index in [0.717, 1.165) is 0 Å². The average molecular weight is 223 g/mol. The number of aryl methyl sites for hydroxylation is 1. The molecule has 0 atom stereocenters. The molecule has 0 spiro atoms. The van der Waals surface area contributed by atoms with E-state index in [1.54, 1.807) is 13.8 Å². The molecule has 0 aliphatic rings. The second-order valence-electron chi connectivity index (χ2n) is 2.69. The third-order valence-electron chi connectivity index (χ3n) is 1.50. The van der Waals surface area contributed by atoms with Gasteiger partial charge < -0.3 is 4.74 Å². The van der Waals surface area contributed by atoms with Crippen LogP contribution >= 0.6 is 11.6 Å². The van der Waals surface area contributed by atoms with E-state index in [9.17, 15) is 8.78 Å². The van der Waals surface area contributed by atoms with Crippen LogP contribution in [0, 0.1) is 13.8 Å². The quantitative estimate of drug-likeness (QED) is 0.737. The number of hydrogen-bond acceptors (Lipinski definition) is 3. The van der Waals surface area contributed by atoms with Gasteiger partial charge >= 0.3 is 0 Å². The molecule has 0 radical (unpaired) electrons. The number of halogens is 3. The van der Waals surface area contributed by atoms with Crippen molar-refractivity contribution in [1.82, 2.24) is 9.97 Å². The molecule has 1 heterocycles. The van der Waals surface area contributed by atoms with Gasteiger partial charge in [0.15, 0.2) is 6.61 Å². The van der Waals surface area contributed by atoms with E-state index in [1.165, 1.54) is 0 Å². The first kappa shape index (κ1) is 11.1. The second-order valence-corrected chi connectivity index (χ2v) is 3.05. The van der Waals surface area contributed by atoms with Crippen LogP contribution in [-0.2, 0) is 0 Å². The van der Waals surface area contributed by atoms with Gasteiger partial charge in [0.1, 0.15) is 11.0 Å². The summed E-state index contributed by atoms with van der Waals surface area (Å²) in [7, 11) is 0. The predicted octanol–water partition coefficient (Wildman–Crippen LogP) is 2.39. The topological polar surface area (TPSA) is 35.0 Å². The van der Waals surface area contributed by atoms with Crippen LogP contribution in [0.2, 0.25) is 5.15 Å². The summed E-state index contributed by atoms with van der Waals surface area (Å²) in [4.78, 5) is 7.70. The molecule has 0 unspecified atom stereocenters. The number of hydrogen-bond donors (Lipinski definition) is 0. The summed E-state index contributed by atoms with van der Waals surface area (Å²) < 4.78 is 28.5. The lowest BCUT2D eigenvalue weighted by Crippen LogP contribution is -2.10. The van der Waals surface area contributed by atoms with Crippen LogP contribution in [0.25, 0.3) is 0 Å². The Labute approximate surface area is 85.1 Å². The first-order chi connectivity index (χ1) is 6.50. The van der Waals surface area contributed by atoms with Gasteiger partial charge in [-0.3, -0.25) is 0 Å². The van der Waals surface area contributed by atoms with Crippen LogP contribution in [-0.4, -0.2) is 23.0 Å². The molecule has 1 rings (SSSR count). The van der Waals surface area contributed by atoms with Gasteiger partial charge in [-0.1, -0.05) is 11.6 Å². The molecule has 6 heteroatoms. The SMILES string of the molecule is Cc1nc(Cl)c(C)c(OCC(F)F)n1. The lowest BCUT2D eigenvalue weighted by Gasteiger charge is -2.08. The van der Waals surface area contributed by atoms with Gasteiger partial charge in [0.25, 0.3) is 6.43 Å². The van der Waals surface area contributed by atoms with Crippen molar-refractivity contribution in [2.24, 2.45) is 0 Å². The van der Waals surface area contributed by atoms with Crippen LogP contribution in [0.1, 0.15) is 11.4 Å². The molecule has 0 aliphatic heterocycles. The summed E-state index contributed by atoms with van der Waals surface area (Å²) in [5.41, 5.74) is 0.470. The molecule has 0 amide bonds. The monoisotopic (exact) mass is 222 g/mol. The van der Waals surface area contributed by atoms with Crippen molar-refractivity contribution >= 4 is 11.6 Å². The zero-order valence-corrected chi connectivity index (χ0v) is 8.48. The molecule has 3 nitrogen and oxygen atoms in total. The molecular weight excluding hydrogens is 214 g/mol. The van der Waals surface area contributed by atoms with E-state index in [1.807, 2.05) is 0 Å². The highest BCUT2D eigenvalue weighted by Gasteiger charge is 2.11. The fourth-order valence-corrected chi connectivity index (χ4v) is 1.06. The largest absolute Gasteiger partial charge is 0.471 e. The summed E-state index contributed by atoms with van der Waals surface area (Å²) in [5.74, 6) is 0.507. The molecule has 0 fully saturated rings. The summed E-state index contributed by atoms with van der Waals surface area (Å²) >= 11 is 5.72. The maximum Gasteiger partial charge on any atom is 0.272 e. The minimum Gasteiger partial charge on any atom is -0.471 e. The Morgan fingerprint density at radius 3 is 2.57 bits per heavy atom.